The third-order valence-corrected chi connectivity index (χ3v) is 1.43. The number of hydrogen-bond donors (Lipinski definition) is 1. The number of halogens is 1. The SMILES string of the molecule is O=C(O)c1cncc(C(=O)Cl)c1. The maximum atomic E-state index is 10.6. The van der Waals surface area contributed by atoms with Crippen molar-refractivity contribution in [3.8, 4) is 0 Å². The predicted molar refractivity (Wildman–Crippen MR) is 41.4 cm³/mol. The van der Waals surface area contributed by atoms with Crippen molar-refractivity contribution in [3.63, 3.8) is 0 Å². The third kappa shape index (κ3) is 1.79. The van der Waals surface area contributed by atoms with Gasteiger partial charge in [0.1, 0.15) is 0 Å². The summed E-state index contributed by atoms with van der Waals surface area (Å²) in [5.41, 5.74) is 0.0260. The Morgan fingerprint density at radius 3 is 2.42 bits per heavy atom. The van der Waals surface area contributed by atoms with Crippen LogP contribution in [0.1, 0.15) is 20.7 Å². The first-order valence-corrected chi connectivity index (χ1v) is 3.37. The van der Waals surface area contributed by atoms with Crippen LogP contribution in [0.3, 0.4) is 0 Å². The zero-order valence-electron chi connectivity index (χ0n) is 5.82. The molecule has 5 heteroatoms. The van der Waals surface area contributed by atoms with Gasteiger partial charge in [-0.15, -0.1) is 0 Å². The highest BCUT2D eigenvalue weighted by molar-refractivity contribution is 6.67. The van der Waals surface area contributed by atoms with Gasteiger partial charge in [0, 0.05) is 12.4 Å². The topological polar surface area (TPSA) is 67.3 Å². The first-order chi connectivity index (χ1) is 5.61. The van der Waals surface area contributed by atoms with Crippen LogP contribution < -0.4 is 0 Å². The molecule has 0 spiro atoms. The third-order valence-electron chi connectivity index (χ3n) is 1.21. The van der Waals surface area contributed by atoms with Crippen molar-refractivity contribution in [2.75, 3.05) is 0 Å². The van der Waals surface area contributed by atoms with E-state index in [9.17, 15) is 9.59 Å². The molecule has 1 heterocycles. The molecule has 4 nitrogen and oxygen atoms in total. The molecule has 0 aliphatic rings. The number of carboxylic acid groups (broad SMARTS) is 1. The van der Waals surface area contributed by atoms with E-state index in [2.05, 4.69) is 4.98 Å². The molecule has 0 bridgehead atoms. The number of hydrogen-bond acceptors (Lipinski definition) is 3. The fraction of sp³-hybridized carbons (Fsp3) is 0. The van der Waals surface area contributed by atoms with Crippen LogP contribution in [0.15, 0.2) is 18.5 Å². The second kappa shape index (κ2) is 3.32. The Kier molecular flexibility index (Phi) is 2.40. The van der Waals surface area contributed by atoms with Crippen molar-refractivity contribution in [3.05, 3.63) is 29.6 Å². The molecule has 0 aromatic carbocycles. The molecule has 0 radical (unpaired) electrons. The number of nitrogens with zero attached hydrogens (tertiary/aromatic N) is 1. The van der Waals surface area contributed by atoms with Gasteiger partial charge in [0.2, 0.25) is 0 Å². The molecule has 0 aliphatic carbocycles. The normalized spacial score (nSPS) is 9.42. The smallest absolute Gasteiger partial charge is 0.337 e. The fourth-order valence-corrected chi connectivity index (χ4v) is 0.768. The maximum absolute atomic E-state index is 10.6. The highest BCUT2D eigenvalue weighted by Gasteiger charge is 2.07. The molecule has 0 aliphatic heterocycles. The standard InChI is InChI=1S/C7H4ClNO3/c8-6(10)4-1-5(7(11)12)3-9-2-4/h1-3H,(H,11,12). The van der Waals surface area contributed by atoms with Crippen LogP contribution in [0.25, 0.3) is 0 Å². The van der Waals surface area contributed by atoms with Crippen molar-refractivity contribution in [2.24, 2.45) is 0 Å². The van der Waals surface area contributed by atoms with Gasteiger partial charge >= 0.3 is 5.97 Å². The van der Waals surface area contributed by atoms with Gasteiger partial charge < -0.3 is 5.11 Å². The van der Waals surface area contributed by atoms with Crippen LogP contribution in [-0.4, -0.2) is 21.3 Å². The van der Waals surface area contributed by atoms with Gasteiger partial charge in [-0.2, -0.15) is 0 Å². The van der Waals surface area contributed by atoms with Gasteiger partial charge in [0.25, 0.3) is 5.24 Å². The quantitative estimate of drug-likeness (QED) is 0.702. The van der Waals surface area contributed by atoms with E-state index in [-0.39, 0.29) is 11.1 Å². The van der Waals surface area contributed by atoms with E-state index < -0.39 is 11.2 Å². The number of rotatable bonds is 2. The van der Waals surface area contributed by atoms with Crippen molar-refractivity contribution >= 4 is 22.8 Å². The number of carboxylic acids is 1. The van der Waals surface area contributed by atoms with Crippen LogP contribution in [0.5, 0.6) is 0 Å². The van der Waals surface area contributed by atoms with Gasteiger partial charge in [-0.25, -0.2) is 4.79 Å². The highest BCUT2D eigenvalue weighted by atomic mass is 35.5. The monoisotopic (exact) mass is 185 g/mol. The lowest BCUT2D eigenvalue weighted by Crippen LogP contribution is -2.00. The summed E-state index contributed by atoms with van der Waals surface area (Å²) < 4.78 is 0. The second-order valence-corrected chi connectivity index (χ2v) is 2.38. The molecule has 12 heavy (non-hydrogen) atoms. The molecule has 1 aromatic heterocycles. The van der Waals surface area contributed by atoms with Crippen molar-refractivity contribution < 1.29 is 14.7 Å². The van der Waals surface area contributed by atoms with Gasteiger partial charge in [0.05, 0.1) is 11.1 Å². The Morgan fingerprint density at radius 2 is 1.92 bits per heavy atom. The summed E-state index contributed by atoms with van der Waals surface area (Å²) in [5.74, 6) is -1.14. The average molecular weight is 186 g/mol. The van der Waals surface area contributed by atoms with Crippen molar-refractivity contribution in [1.82, 2.24) is 4.98 Å². The minimum atomic E-state index is -1.14. The van der Waals surface area contributed by atoms with E-state index in [1.165, 1.54) is 12.3 Å². The molecule has 1 aromatic rings. The van der Waals surface area contributed by atoms with Gasteiger partial charge in [-0.3, -0.25) is 9.78 Å². The Balaban J connectivity index is 3.12. The van der Waals surface area contributed by atoms with E-state index in [1.54, 1.807) is 0 Å². The average Bonchev–Trinajstić information content (AvgIpc) is 2.04. The van der Waals surface area contributed by atoms with Crippen LogP contribution in [0, 0.1) is 0 Å². The van der Waals surface area contributed by atoms with E-state index in [0.717, 1.165) is 6.20 Å². The van der Waals surface area contributed by atoms with E-state index in [4.69, 9.17) is 16.7 Å². The highest BCUT2D eigenvalue weighted by Crippen LogP contribution is 2.05. The molecule has 0 saturated carbocycles. The summed E-state index contributed by atoms with van der Waals surface area (Å²) in [6.07, 6.45) is 2.35. The zero-order chi connectivity index (χ0) is 9.14. The molecule has 0 amide bonds. The zero-order valence-corrected chi connectivity index (χ0v) is 6.58. The molecule has 0 atom stereocenters. The minimum absolute atomic E-state index is 0.0542. The van der Waals surface area contributed by atoms with E-state index in [1.807, 2.05) is 0 Å². The van der Waals surface area contributed by atoms with Gasteiger partial charge in [-0.05, 0) is 17.7 Å². The Hall–Kier alpha value is -1.42. The number of pyridine rings is 1. The molecule has 0 saturated heterocycles. The molecular weight excluding hydrogens is 182 g/mol. The summed E-state index contributed by atoms with van der Waals surface area (Å²) >= 11 is 5.11. The van der Waals surface area contributed by atoms with Crippen LogP contribution >= 0.6 is 11.6 Å². The molecule has 1 rings (SSSR count). The Bertz CT molecular complexity index is 308. The summed E-state index contributed by atoms with van der Waals surface area (Å²) in [5, 5.41) is 7.78. The molecule has 0 fully saturated rings. The Morgan fingerprint density at radius 1 is 1.33 bits per heavy atom. The first-order valence-electron chi connectivity index (χ1n) is 2.99. The first kappa shape index (κ1) is 8.67. The summed E-state index contributed by atoms with van der Waals surface area (Å²) in [6.45, 7) is 0. The van der Waals surface area contributed by atoms with E-state index >= 15 is 0 Å². The van der Waals surface area contributed by atoms with Crippen molar-refractivity contribution in [1.29, 1.82) is 0 Å². The lowest BCUT2D eigenvalue weighted by Gasteiger charge is -1.94. The molecule has 1 N–H and O–H groups in total. The number of carbonyl (C=O) groups is 2. The number of carbonyl (C=O) groups excluding carboxylic acids is 1. The van der Waals surface area contributed by atoms with Gasteiger partial charge in [0.15, 0.2) is 0 Å². The summed E-state index contributed by atoms with van der Waals surface area (Å²) in [7, 11) is 0. The number of aromatic nitrogens is 1. The molecule has 62 valence electrons. The molecular formula is C7H4ClNO3. The lowest BCUT2D eigenvalue weighted by molar-refractivity contribution is 0.0696. The predicted octanol–water partition coefficient (Wildman–Crippen LogP) is 1.16. The fourth-order valence-electron chi connectivity index (χ4n) is 0.664. The van der Waals surface area contributed by atoms with Crippen LogP contribution in [0.2, 0.25) is 0 Å². The summed E-state index contributed by atoms with van der Waals surface area (Å²) in [6, 6.07) is 1.17. The number of aromatic carboxylic acids is 1. The molecule has 0 unspecified atom stereocenters. The van der Waals surface area contributed by atoms with Crippen molar-refractivity contribution in [2.45, 2.75) is 0 Å². The van der Waals surface area contributed by atoms with E-state index in [0.29, 0.717) is 0 Å². The van der Waals surface area contributed by atoms with Crippen LogP contribution in [-0.2, 0) is 0 Å². The lowest BCUT2D eigenvalue weighted by atomic mass is 10.2. The Labute approximate surface area is 72.8 Å². The van der Waals surface area contributed by atoms with Gasteiger partial charge in [-0.1, -0.05) is 0 Å². The maximum Gasteiger partial charge on any atom is 0.337 e. The largest absolute Gasteiger partial charge is 0.478 e. The van der Waals surface area contributed by atoms with Crippen LogP contribution in [0.4, 0.5) is 0 Å². The minimum Gasteiger partial charge on any atom is -0.478 e. The second-order valence-electron chi connectivity index (χ2n) is 2.04. The summed E-state index contributed by atoms with van der Waals surface area (Å²) in [4.78, 5) is 24.5.